The zero-order valence-corrected chi connectivity index (χ0v) is 16.5. The highest BCUT2D eigenvalue weighted by atomic mass is 35.5. The van der Waals surface area contributed by atoms with Crippen molar-refractivity contribution in [3.05, 3.63) is 51.5 Å². The Labute approximate surface area is 168 Å². The van der Waals surface area contributed by atoms with Crippen molar-refractivity contribution in [3.63, 3.8) is 0 Å². The monoisotopic (exact) mass is 409 g/mol. The third-order valence-electron chi connectivity index (χ3n) is 4.14. The molecule has 7 heteroatoms. The van der Waals surface area contributed by atoms with Crippen molar-refractivity contribution in [1.82, 2.24) is 5.32 Å². The molecular weight excluding hydrogens is 389 g/mol. The summed E-state index contributed by atoms with van der Waals surface area (Å²) in [5, 5.41) is 3.50. The molecule has 0 bridgehead atoms. The number of ether oxygens (including phenoxy) is 3. The zero-order chi connectivity index (χ0) is 19.2. The molecule has 0 spiro atoms. The van der Waals surface area contributed by atoms with E-state index in [1.807, 2.05) is 18.2 Å². The van der Waals surface area contributed by atoms with Crippen LogP contribution >= 0.6 is 23.2 Å². The maximum Gasteiger partial charge on any atom is 0.251 e. The van der Waals surface area contributed by atoms with Crippen molar-refractivity contribution < 1.29 is 19.0 Å². The number of fused-ring (bicyclic) bond motifs is 1. The minimum atomic E-state index is -0.269. The lowest BCUT2D eigenvalue weighted by atomic mass is 10.1. The molecule has 0 fully saturated rings. The molecule has 0 aliphatic carbocycles. The second kappa shape index (κ2) is 9.20. The van der Waals surface area contributed by atoms with Gasteiger partial charge in [0.05, 0.1) is 16.7 Å². The van der Waals surface area contributed by atoms with E-state index < -0.39 is 0 Å². The van der Waals surface area contributed by atoms with E-state index >= 15 is 0 Å². The summed E-state index contributed by atoms with van der Waals surface area (Å²) in [5.41, 5.74) is 1.28. The number of halogens is 2. The molecule has 1 N–H and O–H groups in total. The SMILES string of the molecule is CCCCCOc1c(Cl)cc(C(=O)NCc2ccc3c(c2)OCO3)cc1Cl. The van der Waals surface area contributed by atoms with Gasteiger partial charge < -0.3 is 19.5 Å². The molecule has 3 rings (SSSR count). The van der Waals surface area contributed by atoms with Crippen molar-refractivity contribution in [2.75, 3.05) is 13.4 Å². The number of carbonyl (C=O) groups is 1. The van der Waals surface area contributed by atoms with Gasteiger partial charge in [0.2, 0.25) is 6.79 Å². The van der Waals surface area contributed by atoms with E-state index in [1.165, 1.54) is 0 Å². The molecule has 2 aromatic rings. The van der Waals surface area contributed by atoms with Gasteiger partial charge >= 0.3 is 0 Å². The van der Waals surface area contributed by atoms with Crippen LogP contribution in [0.15, 0.2) is 30.3 Å². The Morgan fingerprint density at radius 1 is 1.11 bits per heavy atom. The average molecular weight is 410 g/mol. The minimum Gasteiger partial charge on any atom is -0.490 e. The van der Waals surface area contributed by atoms with Crippen LogP contribution in [0.5, 0.6) is 17.2 Å². The van der Waals surface area contributed by atoms with Gasteiger partial charge in [-0.1, -0.05) is 49.0 Å². The molecule has 5 nitrogen and oxygen atoms in total. The Kier molecular flexibility index (Phi) is 6.69. The molecule has 0 saturated carbocycles. The fourth-order valence-electron chi connectivity index (χ4n) is 2.69. The Morgan fingerprint density at radius 2 is 1.85 bits per heavy atom. The standard InChI is InChI=1S/C20H21Cl2NO4/c1-2-3-4-7-25-19-15(21)9-14(10-16(19)22)20(24)23-11-13-5-6-17-18(8-13)27-12-26-17/h5-6,8-10H,2-4,7,11-12H2,1H3,(H,23,24). The molecule has 2 aromatic carbocycles. The number of carbonyl (C=O) groups excluding carboxylic acids is 1. The van der Waals surface area contributed by atoms with Gasteiger partial charge in [-0.15, -0.1) is 0 Å². The maximum atomic E-state index is 12.4. The average Bonchev–Trinajstić information content (AvgIpc) is 3.12. The van der Waals surface area contributed by atoms with Gasteiger partial charge in [0.1, 0.15) is 0 Å². The fourth-order valence-corrected chi connectivity index (χ4v) is 3.29. The lowest BCUT2D eigenvalue weighted by molar-refractivity contribution is 0.0950. The van der Waals surface area contributed by atoms with Gasteiger partial charge in [0.15, 0.2) is 17.2 Å². The first-order valence-corrected chi connectivity index (χ1v) is 9.62. The molecule has 1 amide bonds. The van der Waals surface area contributed by atoms with Crippen LogP contribution in [0.25, 0.3) is 0 Å². The summed E-state index contributed by atoms with van der Waals surface area (Å²) in [6.45, 7) is 3.23. The van der Waals surface area contributed by atoms with Gasteiger partial charge in [-0.3, -0.25) is 4.79 Å². The van der Waals surface area contributed by atoms with E-state index in [9.17, 15) is 4.79 Å². The molecule has 0 aromatic heterocycles. The highest BCUT2D eigenvalue weighted by molar-refractivity contribution is 6.37. The smallest absolute Gasteiger partial charge is 0.251 e. The summed E-state index contributed by atoms with van der Waals surface area (Å²) in [5.74, 6) is 1.53. The van der Waals surface area contributed by atoms with E-state index in [2.05, 4.69) is 12.2 Å². The highest BCUT2D eigenvalue weighted by Gasteiger charge is 2.16. The number of amides is 1. The van der Waals surface area contributed by atoms with E-state index in [1.54, 1.807) is 12.1 Å². The number of hydrogen-bond acceptors (Lipinski definition) is 4. The van der Waals surface area contributed by atoms with E-state index in [0.29, 0.717) is 46.0 Å². The van der Waals surface area contributed by atoms with Gasteiger partial charge in [0.25, 0.3) is 5.91 Å². The first kappa shape index (κ1) is 19.6. The molecule has 0 saturated heterocycles. The van der Waals surface area contributed by atoms with Crippen LogP contribution in [-0.4, -0.2) is 19.3 Å². The maximum absolute atomic E-state index is 12.4. The number of benzene rings is 2. The van der Waals surface area contributed by atoms with E-state index in [4.69, 9.17) is 37.4 Å². The van der Waals surface area contributed by atoms with Crippen molar-refractivity contribution in [1.29, 1.82) is 0 Å². The van der Waals surface area contributed by atoms with Crippen molar-refractivity contribution >= 4 is 29.1 Å². The molecule has 0 unspecified atom stereocenters. The molecule has 27 heavy (non-hydrogen) atoms. The molecule has 0 atom stereocenters. The Morgan fingerprint density at radius 3 is 2.59 bits per heavy atom. The lowest BCUT2D eigenvalue weighted by Gasteiger charge is -2.12. The normalized spacial score (nSPS) is 12.1. The molecule has 144 valence electrons. The van der Waals surface area contributed by atoms with Gasteiger partial charge in [-0.2, -0.15) is 0 Å². The van der Waals surface area contributed by atoms with Crippen LogP contribution in [0.1, 0.15) is 42.1 Å². The predicted octanol–water partition coefficient (Wildman–Crippen LogP) is 5.22. The summed E-state index contributed by atoms with van der Waals surface area (Å²) in [6, 6.07) is 8.67. The summed E-state index contributed by atoms with van der Waals surface area (Å²) >= 11 is 12.5. The summed E-state index contributed by atoms with van der Waals surface area (Å²) in [7, 11) is 0. The summed E-state index contributed by atoms with van der Waals surface area (Å²) < 4.78 is 16.3. The second-order valence-electron chi connectivity index (χ2n) is 6.19. The fraction of sp³-hybridized carbons (Fsp3) is 0.350. The molecule has 0 radical (unpaired) electrons. The largest absolute Gasteiger partial charge is 0.490 e. The second-order valence-corrected chi connectivity index (χ2v) is 7.01. The van der Waals surface area contributed by atoms with Gasteiger partial charge in [0, 0.05) is 12.1 Å². The van der Waals surface area contributed by atoms with Crippen LogP contribution in [0.4, 0.5) is 0 Å². The van der Waals surface area contributed by atoms with Crippen molar-refractivity contribution in [2.24, 2.45) is 0 Å². The first-order chi connectivity index (χ1) is 13.1. The zero-order valence-electron chi connectivity index (χ0n) is 15.0. The third kappa shape index (κ3) is 4.99. The Hall–Kier alpha value is -2.11. The third-order valence-corrected chi connectivity index (χ3v) is 4.71. The van der Waals surface area contributed by atoms with Crippen LogP contribution in [-0.2, 0) is 6.54 Å². The predicted molar refractivity (Wildman–Crippen MR) is 105 cm³/mol. The minimum absolute atomic E-state index is 0.217. The topological polar surface area (TPSA) is 56.8 Å². The van der Waals surface area contributed by atoms with Crippen molar-refractivity contribution in [2.45, 2.75) is 32.7 Å². The van der Waals surface area contributed by atoms with Gasteiger partial charge in [-0.25, -0.2) is 0 Å². The van der Waals surface area contributed by atoms with Crippen LogP contribution < -0.4 is 19.5 Å². The first-order valence-electron chi connectivity index (χ1n) is 8.87. The van der Waals surface area contributed by atoms with Gasteiger partial charge in [-0.05, 0) is 36.2 Å². The quantitative estimate of drug-likeness (QED) is 0.607. The van der Waals surface area contributed by atoms with Crippen LogP contribution in [0.2, 0.25) is 10.0 Å². The van der Waals surface area contributed by atoms with Crippen molar-refractivity contribution in [3.8, 4) is 17.2 Å². The molecular formula is C20H21Cl2NO4. The molecule has 1 heterocycles. The molecule has 1 aliphatic heterocycles. The number of rotatable bonds is 8. The number of unbranched alkanes of at least 4 members (excludes halogenated alkanes) is 2. The van der Waals surface area contributed by atoms with Crippen LogP contribution in [0.3, 0.4) is 0 Å². The number of nitrogens with one attached hydrogen (secondary N) is 1. The Balaban J connectivity index is 1.61. The van der Waals surface area contributed by atoms with Crippen LogP contribution in [0, 0.1) is 0 Å². The highest BCUT2D eigenvalue weighted by Crippen LogP contribution is 2.35. The van der Waals surface area contributed by atoms with E-state index in [0.717, 1.165) is 24.8 Å². The summed E-state index contributed by atoms with van der Waals surface area (Å²) in [6.07, 6.45) is 3.11. The summed E-state index contributed by atoms with van der Waals surface area (Å²) in [4.78, 5) is 12.4. The molecule has 1 aliphatic rings. The van der Waals surface area contributed by atoms with E-state index in [-0.39, 0.29) is 12.7 Å². The number of hydrogen-bond donors (Lipinski definition) is 1. The Bertz CT molecular complexity index is 803. The lowest BCUT2D eigenvalue weighted by Crippen LogP contribution is -2.22.